The van der Waals surface area contributed by atoms with E-state index in [1.165, 1.54) is 18.3 Å². The molecule has 0 fully saturated rings. The number of carbonyl (C=O) groups is 1. The van der Waals surface area contributed by atoms with Gasteiger partial charge in [0.05, 0.1) is 12.7 Å². The van der Waals surface area contributed by atoms with Crippen LogP contribution in [0.2, 0.25) is 0 Å². The molecule has 0 aliphatic heterocycles. The zero-order valence-electron chi connectivity index (χ0n) is 14.1. The van der Waals surface area contributed by atoms with Gasteiger partial charge in [-0.15, -0.1) is 0 Å². The number of carbonyl (C=O) groups excluding carboxylic acids is 1. The summed E-state index contributed by atoms with van der Waals surface area (Å²) in [5.41, 5.74) is 7.36. The van der Waals surface area contributed by atoms with Gasteiger partial charge in [-0.25, -0.2) is 14.4 Å². The van der Waals surface area contributed by atoms with Crippen LogP contribution in [0.1, 0.15) is 15.9 Å². The summed E-state index contributed by atoms with van der Waals surface area (Å²) in [4.78, 5) is 20.6. The Hall–Kier alpha value is -3.48. The monoisotopic (exact) mass is 352 g/mol. The number of nitrogens with two attached hydrogens (primary N) is 1. The number of para-hydroxylation sites is 1. The Labute approximate surface area is 149 Å². The molecule has 1 amide bonds. The van der Waals surface area contributed by atoms with Crippen molar-refractivity contribution in [3.05, 3.63) is 71.7 Å². The van der Waals surface area contributed by atoms with E-state index >= 15 is 0 Å². The molecule has 3 aromatic rings. The molecular formula is C19H17FN4O2. The lowest BCUT2D eigenvalue weighted by Crippen LogP contribution is -2.24. The molecule has 132 valence electrons. The van der Waals surface area contributed by atoms with E-state index in [1.807, 2.05) is 24.3 Å². The highest BCUT2D eigenvalue weighted by Gasteiger charge is 2.14. The number of nitrogen functional groups attached to an aromatic ring is 1. The summed E-state index contributed by atoms with van der Waals surface area (Å²) in [7, 11) is 1.57. The van der Waals surface area contributed by atoms with Gasteiger partial charge in [-0.3, -0.25) is 4.79 Å². The highest BCUT2D eigenvalue weighted by atomic mass is 19.1. The molecule has 0 unspecified atom stereocenters. The lowest BCUT2D eigenvalue weighted by Gasteiger charge is -2.10. The molecule has 0 radical (unpaired) electrons. The first kappa shape index (κ1) is 17.3. The first-order valence-electron chi connectivity index (χ1n) is 7.87. The van der Waals surface area contributed by atoms with Gasteiger partial charge in [0.1, 0.15) is 17.4 Å². The van der Waals surface area contributed by atoms with Gasteiger partial charge in [-0.2, -0.15) is 0 Å². The predicted molar refractivity (Wildman–Crippen MR) is 96.0 cm³/mol. The SMILES string of the molecule is COc1ccccc1CNC(=O)c1cnc(-c2cccc(F)c2)nc1N. The molecule has 0 saturated heterocycles. The van der Waals surface area contributed by atoms with E-state index < -0.39 is 11.7 Å². The number of methoxy groups -OCH3 is 1. The van der Waals surface area contributed by atoms with Crippen molar-refractivity contribution in [1.82, 2.24) is 15.3 Å². The Morgan fingerprint density at radius 1 is 1.23 bits per heavy atom. The Kier molecular flexibility index (Phi) is 5.07. The smallest absolute Gasteiger partial charge is 0.256 e. The van der Waals surface area contributed by atoms with Gasteiger partial charge in [0, 0.05) is 23.9 Å². The number of amides is 1. The first-order valence-corrected chi connectivity index (χ1v) is 7.87. The maximum absolute atomic E-state index is 13.3. The van der Waals surface area contributed by atoms with E-state index in [-0.39, 0.29) is 23.8 Å². The van der Waals surface area contributed by atoms with Crippen LogP contribution in [0.3, 0.4) is 0 Å². The summed E-state index contributed by atoms with van der Waals surface area (Å²) >= 11 is 0. The van der Waals surface area contributed by atoms with E-state index in [4.69, 9.17) is 10.5 Å². The van der Waals surface area contributed by atoms with Crippen molar-refractivity contribution in [1.29, 1.82) is 0 Å². The average molecular weight is 352 g/mol. The van der Waals surface area contributed by atoms with Crippen LogP contribution < -0.4 is 15.8 Å². The number of hydrogen-bond acceptors (Lipinski definition) is 5. The van der Waals surface area contributed by atoms with E-state index in [2.05, 4.69) is 15.3 Å². The molecule has 0 bridgehead atoms. The number of anilines is 1. The van der Waals surface area contributed by atoms with Gasteiger partial charge < -0.3 is 15.8 Å². The van der Waals surface area contributed by atoms with Crippen molar-refractivity contribution in [2.45, 2.75) is 6.54 Å². The molecular weight excluding hydrogens is 335 g/mol. The number of nitrogens with one attached hydrogen (secondary N) is 1. The fourth-order valence-corrected chi connectivity index (χ4v) is 2.46. The van der Waals surface area contributed by atoms with Gasteiger partial charge in [0.15, 0.2) is 5.82 Å². The second-order valence-corrected chi connectivity index (χ2v) is 5.50. The summed E-state index contributed by atoms with van der Waals surface area (Å²) in [6, 6.07) is 13.2. The number of aromatic nitrogens is 2. The van der Waals surface area contributed by atoms with Crippen LogP contribution in [-0.4, -0.2) is 23.0 Å². The number of benzene rings is 2. The van der Waals surface area contributed by atoms with Crippen LogP contribution in [0, 0.1) is 5.82 Å². The van der Waals surface area contributed by atoms with Crippen LogP contribution >= 0.6 is 0 Å². The fourth-order valence-electron chi connectivity index (χ4n) is 2.46. The maximum Gasteiger partial charge on any atom is 0.256 e. The highest BCUT2D eigenvalue weighted by molar-refractivity contribution is 5.98. The van der Waals surface area contributed by atoms with Crippen LogP contribution in [-0.2, 0) is 6.54 Å². The third-order valence-electron chi connectivity index (χ3n) is 3.78. The van der Waals surface area contributed by atoms with Crippen molar-refractivity contribution >= 4 is 11.7 Å². The first-order chi connectivity index (χ1) is 12.6. The number of hydrogen-bond donors (Lipinski definition) is 2. The molecule has 26 heavy (non-hydrogen) atoms. The standard InChI is InChI=1S/C19H17FN4O2/c1-26-16-8-3-2-5-13(16)10-23-19(25)15-11-22-18(24-17(15)21)12-6-4-7-14(20)9-12/h2-9,11H,10H2,1H3,(H,23,25)(H2,21,22,24). The van der Waals surface area contributed by atoms with Crippen molar-refractivity contribution in [2.24, 2.45) is 0 Å². The molecule has 2 aromatic carbocycles. The van der Waals surface area contributed by atoms with Crippen molar-refractivity contribution in [3.63, 3.8) is 0 Å². The number of halogens is 1. The van der Waals surface area contributed by atoms with Crippen LogP contribution in [0.5, 0.6) is 5.75 Å². The highest BCUT2D eigenvalue weighted by Crippen LogP contribution is 2.19. The second-order valence-electron chi connectivity index (χ2n) is 5.50. The lowest BCUT2D eigenvalue weighted by molar-refractivity contribution is 0.0951. The third-order valence-corrected chi connectivity index (χ3v) is 3.78. The molecule has 7 heteroatoms. The summed E-state index contributed by atoms with van der Waals surface area (Å²) in [5.74, 6) is 0.154. The Morgan fingerprint density at radius 3 is 2.77 bits per heavy atom. The topological polar surface area (TPSA) is 90.1 Å². The van der Waals surface area contributed by atoms with Gasteiger partial charge >= 0.3 is 0 Å². The molecule has 0 aliphatic rings. The molecule has 0 saturated carbocycles. The summed E-state index contributed by atoms with van der Waals surface area (Å²) in [6.45, 7) is 0.272. The minimum Gasteiger partial charge on any atom is -0.496 e. The lowest BCUT2D eigenvalue weighted by atomic mass is 10.2. The van der Waals surface area contributed by atoms with E-state index in [1.54, 1.807) is 19.2 Å². The van der Waals surface area contributed by atoms with E-state index in [0.717, 1.165) is 5.56 Å². The molecule has 3 rings (SSSR count). The average Bonchev–Trinajstić information content (AvgIpc) is 2.66. The number of nitrogens with zero attached hydrogens (tertiary/aromatic N) is 2. The van der Waals surface area contributed by atoms with Crippen LogP contribution in [0.4, 0.5) is 10.2 Å². The summed E-state index contributed by atoms with van der Waals surface area (Å²) in [5, 5.41) is 2.76. The van der Waals surface area contributed by atoms with Gasteiger partial charge in [-0.05, 0) is 18.2 Å². The quantitative estimate of drug-likeness (QED) is 0.737. The zero-order chi connectivity index (χ0) is 18.5. The Balaban J connectivity index is 1.76. The minimum atomic E-state index is -0.404. The van der Waals surface area contributed by atoms with Gasteiger partial charge in [0.25, 0.3) is 5.91 Å². The van der Waals surface area contributed by atoms with E-state index in [0.29, 0.717) is 11.3 Å². The third kappa shape index (κ3) is 3.77. The van der Waals surface area contributed by atoms with Crippen molar-refractivity contribution in [3.8, 4) is 17.1 Å². The minimum absolute atomic E-state index is 0.0248. The van der Waals surface area contributed by atoms with Gasteiger partial charge in [-0.1, -0.05) is 30.3 Å². The molecule has 6 nitrogen and oxygen atoms in total. The van der Waals surface area contributed by atoms with Crippen LogP contribution in [0.15, 0.2) is 54.7 Å². The summed E-state index contributed by atoms with van der Waals surface area (Å²) in [6.07, 6.45) is 1.33. The fraction of sp³-hybridized carbons (Fsp3) is 0.105. The number of ether oxygens (including phenoxy) is 1. The largest absolute Gasteiger partial charge is 0.496 e. The summed E-state index contributed by atoms with van der Waals surface area (Å²) < 4.78 is 18.6. The molecule has 0 atom stereocenters. The van der Waals surface area contributed by atoms with Crippen molar-refractivity contribution < 1.29 is 13.9 Å². The molecule has 0 aliphatic carbocycles. The van der Waals surface area contributed by atoms with E-state index in [9.17, 15) is 9.18 Å². The predicted octanol–water partition coefficient (Wildman–Crippen LogP) is 2.80. The Bertz CT molecular complexity index is 946. The normalized spacial score (nSPS) is 10.4. The molecule has 1 aromatic heterocycles. The second kappa shape index (κ2) is 7.60. The molecule has 3 N–H and O–H groups in total. The maximum atomic E-state index is 13.3. The molecule has 0 spiro atoms. The Morgan fingerprint density at radius 2 is 2.04 bits per heavy atom. The molecule has 1 heterocycles. The van der Waals surface area contributed by atoms with Gasteiger partial charge in [0.2, 0.25) is 0 Å². The number of rotatable bonds is 5. The zero-order valence-corrected chi connectivity index (χ0v) is 14.1. The van der Waals surface area contributed by atoms with Crippen molar-refractivity contribution in [2.75, 3.05) is 12.8 Å². The van der Waals surface area contributed by atoms with Crippen LogP contribution in [0.25, 0.3) is 11.4 Å².